The van der Waals surface area contributed by atoms with E-state index in [-0.39, 0.29) is 46.1 Å². The van der Waals surface area contributed by atoms with Crippen LogP contribution >= 0.6 is 0 Å². The second kappa shape index (κ2) is 5.86. The Morgan fingerprint density at radius 1 is 0.947 bits per heavy atom. The van der Waals surface area contributed by atoms with Crippen LogP contribution in [0.3, 0.4) is 0 Å². The van der Waals surface area contributed by atoms with Gasteiger partial charge in [-0.05, 0) is 34.1 Å². The average Bonchev–Trinajstić information content (AvgIpc) is 2.12. The molecule has 2 N–H and O–H groups in total. The van der Waals surface area contributed by atoms with Gasteiger partial charge in [-0.1, -0.05) is 41.5 Å². The SMILES string of the molecule is CC(C)(C)c1cc(O)cc(C(C)(C)C)c1C(=O)O.[NaH]. The fourth-order valence-corrected chi connectivity index (χ4v) is 2.04. The number of carboxylic acid groups (broad SMARTS) is 1. The monoisotopic (exact) mass is 274 g/mol. The zero-order valence-corrected chi connectivity index (χ0v) is 12.0. The molecule has 3 nitrogen and oxygen atoms in total. The molecule has 1 aromatic carbocycles. The predicted octanol–water partition coefficient (Wildman–Crippen LogP) is 3.04. The Morgan fingerprint density at radius 3 is 1.47 bits per heavy atom. The number of carboxylic acids is 1. The topological polar surface area (TPSA) is 57.5 Å². The van der Waals surface area contributed by atoms with Crippen LogP contribution in [-0.4, -0.2) is 45.7 Å². The Labute approximate surface area is 137 Å². The molecule has 0 spiro atoms. The molecule has 0 amide bonds. The van der Waals surface area contributed by atoms with Gasteiger partial charge in [-0.3, -0.25) is 0 Å². The van der Waals surface area contributed by atoms with Crippen molar-refractivity contribution >= 4 is 35.5 Å². The molecule has 1 aromatic rings. The van der Waals surface area contributed by atoms with E-state index in [1.54, 1.807) is 12.1 Å². The third-order valence-corrected chi connectivity index (χ3v) is 2.95. The predicted molar refractivity (Wildman–Crippen MR) is 79.6 cm³/mol. The van der Waals surface area contributed by atoms with Crippen LogP contribution in [0.1, 0.15) is 63.0 Å². The summed E-state index contributed by atoms with van der Waals surface area (Å²) in [4.78, 5) is 11.6. The minimum absolute atomic E-state index is 0. The van der Waals surface area contributed by atoms with Gasteiger partial charge in [-0.15, -0.1) is 0 Å². The van der Waals surface area contributed by atoms with Gasteiger partial charge >= 0.3 is 35.5 Å². The summed E-state index contributed by atoms with van der Waals surface area (Å²) in [6.07, 6.45) is 0. The molecule has 0 aromatic heterocycles. The van der Waals surface area contributed by atoms with Crippen LogP contribution in [0, 0.1) is 0 Å². The van der Waals surface area contributed by atoms with Gasteiger partial charge in [-0.25, -0.2) is 4.79 Å². The van der Waals surface area contributed by atoms with Gasteiger partial charge in [0.1, 0.15) is 5.75 Å². The molecule has 0 heterocycles. The fourth-order valence-electron chi connectivity index (χ4n) is 2.04. The van der Waals surface area contributed by atoms with Crippen molar-refractivity contribution in [3.63, 3.8) is 0 Å². The number of phenols is 1. The van der Waals surface area contributed by atoms with Gasteiger partial charge in [-0.2, -0.15) is 0 Å². The molecule has 0 unspecified atom stereocenters. The fraction of sp³-hybridized carbons (Fsp3) is 0.533. The Morgan fingerprint density at radius 2 is 1.26 bits per heavy atom. The van der Waals surface area contributed by atoms with E-state index in [4.69, 9.17) is 0 Å². The van der Waals surface area contributed by atoms with E-state index < -0.39 is 5.97 Å². The molecule has 0 fully saturated rings. The van der Waals surface area contributed by atoms with Crippen LogP contribution in [0.2, 0.25) is 0 Å². The van der Waals surface area contributed by atoms with Crippen molar-refractivity contribution in [3.8, 4) is 5.75 Å². The Hall–Kier alpha value is -0.510. The van der Waals surface area contributed by atoms with Crippen LogP contribution in [-0.2, 0) is 10.8 Å². The molecule has 0 saturated heterocycles. The molecule has 0 aliphatic heterocycles. The summed E-state index contributed by atoms with van der Waals surface area (Å²) in [6.45, 7) is 11.7. The molecule has 0 aliphatic rings. The van der Waals surface area contributed by atoms with Crippen LogP contribution in [0.5, 0.6) is 5.75 Å². The van der Waals surface area contributed by atoms with E-state index in [1.807, 2.05) is 41.5 Å². The van der Waals surface area contributed by atoms with E-state index in [9.17, 15) is 15.0 Å². The summed E-state index contributed by atoms with van der Waals surface area (Å²) < 4.78 is 0. The van der Waals surface area contributed by atoms with Crippen molar-refractivity contribution in [1.29, 1.82) is 0 Å². The zero-order valence-electron chi connectivity index (χ0n) is 12.0. The Kier molecular flexibility index (Phi) is 5.70. The summed E-state index contributed by atoms with van der Waals surface area (Å²) in [6, 6.07) is 3.11. The van der Waals surface area contributed by atoms with Crippen LogP contribution < -0.4 is 0 Å². The van der Waals surface area contributed by atoms with Crippen LogP contribution in [0.4, 0.5) is 0 Å². The number of hydrogen-bond acceptors (Lipinski definition) is 2. The molecule has 0 aliphatic carbocycles. The standard InChI is InChI=1S/C15H22O3.Na.H/c1-14(2,3)10-7-9(16)8-11(15(4,5)6)12(10)13(17)18;;/h7-8,16H,1-6H3,(H,17,18);;. The zero-order chi connectivity index (χ0) is 14.3. The van der Waals surface area contributed by atoms with Crippen molar-refractivity contribution in [3.05, 3.63) is 28.8 Å². The Balaban J connectivity index is 0.00000324. The number of aromatic hydroxyl groups is 1. The molecule has 1 rings (SSSR count). The van der Waals surface area contributed by atoms with Crippen molar-refractivity contribution in [2.75, 3.05) is 0 Å². The first-order valence-corrected chi connectivity index (χ1v) is 6.06. The van der Waals surface area contributed by atoms with Crippen LogP contribution in [0.25, 0.3) is 0 Å². The van der Waals surface area contributed by atoms with E-state index in [2.05, 4.69) is 0 Å². The van der Waals surface area contributed by atoms with Gasteiger partial charge < -0.3 is 10.2 Å². The normalized spacial score (nSPS) is 11.9. The first-order chi connectivity index (χ1) is 7.94. The number of hydrogen-bond donors (Lipinski definition) is 2. The Bertz CT molecular complexity index is 444. The molecule has 0 bridgehead atoms. The quantitative estimate of drug-likeness (QED) is 0.774. The van der Waals surface area contributed by atoms with Gasteiger partial charge in [0.25, 0.3) is 0 Å². The van der Waals surface area contributed by atoms with Crippen LogP contribution in [0.15, 0.2) is 12.1 Å². The second-order valence-corrected chi connectivity index (χ2v) is 6.72. The minimum atomic E-state index is -0.940. The molecule has 19 heavy (non-hydrogen) atoms. The first-order valence-electron chi connectivity index (χ1n) is 6.06. The number of phenolic OH excluding ortho intramolecular Hbond substituents is 1. The van der Waals surface area contributed by atoms with Gasteiger partial charge in [0.15, 0.2) is 0 Å². The third kappa shape index (κ3) is 4.23. The summed E-state index contributed by atoms with van der Waals surface area (Å²) >= 11 is 0. The first kappa shape index (κ1) is 18.5. The maximum absolute atomic E-state index is 11.6. The van der Waals surface area contributed by atoms with E-state index >= 15 is 0 Å². The van der Waals surface area contributed by atoms with Gasteiger partial charge in [0.05, 0.1) is 5.56 Å². The number of benzene rings is 1. The number of aromatic carboxylic acids is 1. The van der Waals surface area contributed by atoms with Crippen molar-refractivity contribution in [1.82, 2.24) is 0 Å². The summed E-state index contributed by atoms with van der Waals surface area (Å²) in [5.41, 5.74) is 0.992. The van der Waals surface area contributed by atoms with Gasteiger partial charge in [0.2, 0.25) is 0 Å². The maximum atomic E-state index is 11.6. The van der Waals surface area contributed by atoms with E-state index in [0.29, 0.717) is 16.7 Å². The summed E-state index contributed by atoms with van der Waals surface area (Å²) in [7, 11) is 0. The number of rotatable bonds is 1. The molecule has 0 atom stereocenters. The van der Waals surface area contributed by atoms with Gasteiger partial charge in [0, 0.05) is 0 Å². The average molecular weight is 274 g/mol. The molecular formula is C15H23NaO3. The van der Waals surface area contributed by atoms with E-state index in [0.717, 1.165) is 0 Å². The molecular weight excluding hydrogens is 251 g/mol. The molecule has 0 saturated carbocycles. The molecule has 102 valence electrons. The second-order valence-electron chi connectivity index (χ2n) is 6.72. The van der Waals surface area contributed by atoms with Crippen molar-refractivity contribution in [2.45, 2.75) is 52.4 Å². The molecule has 4 heteroatoms. The number of carbonyl (C=O) groups is 1. The van der Waals surface area contributed by atoms with E-state index in [1.165, 1.54) is 0 Å². The molecule has 0 radical (unpaired) electrons. The van der Waals surface area contributed by atoms with Crippen molar-refractivity contribution < 1.29 is 15.0 Å². The third-order valence-electron chi connectivity index (χ3n) is 2.95. The summed E-state index contributed by atoms with van der Waals surface area (Å²) in [5, 5.41) is 19.3. The van der Waals surface area contributed by atoms with Crippen molar-refractivity contribution in [2.24, 2.45) is 0 Å². The summed E-state index contributed by atoms with van der Waals surface area (Å²) in [5.74, 6) is -0.820.